The van der Waals surface area contributed by atoms with Gasteiger partial charge >= 0.3 is 0 Å². The molecule has 0 amide bonds. The number of hydrogen-bond acceptors (Lipinski definition) is 10. The van der Waals surface area contributed by atoms with Gasteiger partial charge in [0.1, 0.15) is 11.9 Å². The summed E-state index contributed by atoms with van der Waals surface area (Å²) in [6.45, 7) is 1.89. The van der Waals surface area contributed by atoms with Crippen LogP contribution in [0.1, 0.15) is 11.4 Å². The van der Waals surface area contributed by atoms with Crippen molar-refractivity contribution in [3.8, 4) is 80.1 Å². The fourth-order valence-electron chi connectivity index (χ4n) is 10.7. The van der Waals surface area contributed by atoms with Crippen molar-refractivity contribution < 1.29 is 0 Å². The fourth-order valence-corrected chi connectivity index (χ4v) is 10.7. The second-order valence-electron chi connectivity index (χ2n) is 19.0. The summed E-state index contributed by atoms with van der Waals surface area (Å²) in [5.74, 6) is 3.90. The van der Waals surface area contributed by atoms with Crippen molar-refractivity contribution in [2.45, 2.75) is 6.92 Å². The molecule has 0 atom stereocenters. The zero-order valence-corrected chi connectivity index (χ0v) is 41.1. The molecular weight excluding hydrogens is 949 g/mol. The van der Waals surface area contributed by atoms with Gasteiger partial charge in [0.2, 0.25) is 0 Å². The monoisotopic (exact) mass is 986 g/mol. The third-order valence-electron chi connectivity index (χ3n) is 14.3. The Balaban J connectivity index is 1.00. The van der Waals surface area contributed by atoms with Crippen LogP contribution in [-0.2, 0) is 0 Å². The molecule has 4 bridgehead atoms. The molecule has 77 heavy (non-hydrogen) atoms. The molecule has 0 radical (unpaired) electrons. The zero-order chi connectivity index (χ0) is 51.1. The maximum atomic E-state index is 11.5. The normalized spacial score (nSPS) is 11.7. The number of aromatic nitrogens is 11. The number of nitrogens with zero attached hydrogens (tertiary/aromatic N) is 12. The van der Waals surface area contributed by atoms with E-state index in [1.165, 1.54) is 0 Å². The molecule has 15 rings (SSSR count). The Morgan fingerprint density at radius 3 is 1.27 bits per heavy atom. The van der Waals surface area contributed by atoms with Crippen LogP contribution in [0.2, 0.25) is 0 Å². The molecule has 6 aromatic heterocycles. The van der Waals surface area contributed by atoms with E-state index in [4.69, 9.17) is 44.9 Å². The minimum atomic E-state index is 0.444. The van der Waals surface area contributed by atoms with Crippen molar-refractivity contribution in [2.75, 3.05) is 0 Å². The van der Waals surface area contributed by atoms with Gasteiger partial charge in [0, 0.05) is 65.7 Å². The Bertz CT molecular complexity index is 4820. The number of fused-ring (bicyclic) bond motifs is 13. The van der Waals surface area contributed by atoms with Crippen LogP contribution >= 0.6 is 0 Å². The van der Waals surface area contributed by atoms with Crippen molar-refractivity contribution in [1.29, 1.82) is 5.26 Å². The van der Waals surface area contributed by atoms with Gasteiger partial charge in [-0.15, -0.1) is 0 Å². The van der Waals surface area contributed by atoms with Gasteiger partial charge < -0.3 is 8.97 Å². The van der Waals surface area contributed by atoms with E-state index in [9.17, 15) is 5.26 Å². The molecule has 0 fully saturated rings. The molecule has 0 N–H and O–H groups in total. The molecule has 12 nitrogen and oxygen atoms in total. The van der Waals surface area contributed by atoms with Gasteiger partial charge in [-0.2, -0.15) is 5.26 Å². The van der Waals surface area contributed by atoms with E-state index in [1.807, 2.05) is 146 Å². The molecule has 0 aliphatic rings. The minimum Gasteiger partial charge on any atom is -0.308 e. The Morgan fingerprint density at radius 1 is 0.325 bits per heavy atom. The lowest BCUT2D eigenvalue weighted by Gasteiger charge is -2.13. The lowest BCUT2D eigenvalue weighted by atomic mass is 10.1. The van der Waals surface area contributed by atoms with E-state index in [0.717, 1.165) is 93.3 Å². The van der Waals surface area contributed by atoms with Crippen molar-refractivity contribution >= 4 is 71.2 Å². The first-order chi connectivity index (χ1) is 38.0. The molecule has 0 saturated carbocycles. The van der Waals surface area contributed by atoms with Gasteiger partial charge in [0.15, 0.2) is 46.2 Å². The van der Waals surface area contributed by atoms with Gasteiger partial charge in [0.05, 0.1) is 38.8 Å². The van der Waals surface area contributed by atoms with Crippen molar-refractivity contribution in [3.05, 3.63) is 224 Å². The number of benzene rings is 9. The lowest BCUT2D eigenvalue weighted by molar-refractivity contribution is 1.07. The van der Waals surface area contributed by atoms with Crippen LogP contribution in [0, 0.1) is 18.3 Å². The third kappa shape index (κ3) is 7.25. The summed E-state index contributed by atoms with van der Waals surface area (Å²) in [5.41, 5.74) is 11.6. The number of para-hydroxylation sites is 1. The molecule has 15 aromatic rings. The van der Waals surface area contributed by atoms with Crippen LogP contribution in [0.3, 0.4) is 0 Å². The first kappa shape index (κ1) is 43.7. The zero-order valence-electron chi connectivity index (χ0n) is 41.1. The smallest absolute Gasteiger partial charge is 0.165 e. The van der Waals surface area contributed by atoms with Crippen LogP contribution in [0.15, 0.2) is 212 Å². The lowest BCUT2D eigenvalue weighted by Crippen LogP contribution is -2.02. The van der Waals surface area contributed by atoms with E-state index in [-0.39, 0.29) is 0 Å². The fraction of sp³-hybridized carbons (Fsp3) is 0.0154. The average molecular weight is 987 g/mol. The second-order valence-corrected chi connectivity index (χ2v) is 19.0. The first-order valence-electron chi connectivity index (χ1n) is 25.2. The summed E-state index contributed by atoms with van der Waals surface area (Å²) in [6, 6.07) is 73.8. The van der Waals surface area contributed by atoms with E-state index >= 15 is 0 Å². The summed E-state index contributed by atoms with van der Waals surface area (Å²) in [7, 11) is 0. The van der Waals surface area contributed by atoms with Crippen LogP contribution in [0.25, 0.3) is 145 Å². The topological polar surface area (TPSA) is 149 Å². The summed E-state index contributed by atoms with van der Waals surface area (Å²) in [5, 5.41) is 17.1. The van der Waals surface area contributed by atoms with Crippen LogP contribution in [0.5, 0.6) is 0 Å². The molecule has 358 valence electrons. The van der Waals surface area contributed by atoms with Gasteiger partial charge in [-0.3, -0.25) is 0 Å². The van der Waals surface area contributed by atoms with Crippen molar-refractivity contribution in [3.63, 3.8) is 0 Å². The first-order valence-corrected chi connectivity index (χ1v) is 25.2. The van der Waals surface area contributed by atoms with Gasteiger partial charge in [-0.05, 0) is 43.3 Å². The summed E-state index contributed by atoms with van der Waals surface area (Å²) in [4.78, 5) is 45.5. The molecule has 0 saturated heterocycles. The average Bonchev–Trinajstić information content (AvgIpc) is 4.18. The molecule has 9 aromatic carbocycles. The van der Waals surface area contributed by atoms with E-state index in [2.05, 4.69) is 87.8 Å². The van der Waals surface area contributed by atoms with Crippen LogP contribution < -0.4 is 0 Å². The maximum absolute atomic E-state index is 11.5. The molecule has 0 spiro atoms. The minimum absolute atomic E-state index is 0.444. The van der Waals surface area contributed by atoms with E-state index in [0.29, 0.717) is 63.3 Å². The highest BCUT2D eigenvalue weighted by molar-refractivity contribution is 6.14. The van der Waals surface area contributed by atoms with Crippen LogP contribution in [-0.4, -0.2) is 53.8 Å². The van der Waals surface area contributed by atoms with Crippen LogP contribution in [0.4, 0.5) is 0 Å². The SMILES string of the molecule is Cc1nc2nc(n1)c1cc(-n3c4ccccc4c4ccc(-c5nc(-c6ccccc6)nc(-c6ccccc6)n5)cc43)c(C#N)cc1n1c3cc(-c4nc(-c5ccccc5)nc(-c5ccccc5)n4)ccc3c3ccc2cc31. The van der Waals surface area contributed by atoms with Gasteiger partial charge in [0.25, 0.3) is 0 Å². The molecule has 6 heterocycles. The Kier molecular flexibility index (Phi) is 9.85. The van der Waals surface area contributed by atoms with E-state index in [1.54, 1.807) is 0 Å². The highest BCUT2D eigenvalue weighted by Crippen LogP contribution is 2.40. The van der Waals surface area contributed by atoms with Gasteiger partial charge in [-0.1, -0.05) is 176 Å². The third-order valence-corrected chi connectivity index (χ3v) is 14.3. The molecule has 12 heteroatoms. The largest absolute Gasteiger partial charge is 0.308 e. The van der Waals surface area contributed by atoms with Crippen molar-refractivity contribution in [1.82, 2.24) is 53.8 Å². The second kappa shape index (κ2) is 17.4. The number of rotatable bonds is 7. The molecule has 0 aliphatic carbocycles. The molecule has 0 unspecified atom stereocenters. The number of aryl methyl sites for hydroxylation is 1. The van der Waals surface area contributed by atoms with Gasteiger partial charge in [-0.25, -0.2) is 44.9 Å². The van der Waals surface area contributed by atoms with Crippen molar-refractivity contribution in [2.24, 2.45) is 0 Å². The Labute approximate surface area is 439 Å². The maximum Gasteiger partial charge on any atom is 0.165 e. The summed E-state index contributed by atoms with van der Waals surface area (Å²) >= 11 is 0. The highest BCUT2D eigenvalue weighted by atomic mass is 15.1. The summed E-state index contributed by atoms with van der Waals surface area (Å²) < 4.78 is 4.39. The van der Waals surface area contributed by atoms with E-state index < -0.39 is 0 Å². The quantitative estimate of drug-likeness (QED) is 0.151. The predicted molar refractivity (Wildman–Crippen MR) is 304 cm³/mol. The Morgan fingerprint density at radius 2 is 0.740 bits per heavy atom. The predicted octanol–water partition coefficient (Wildman–Crippen LogP) is 14.4. The highest BCUT2D eigenvalue weighted by Gasteiger charge is 2.22. The number of hydrogen-bond donors (Lipinski definition) is 0. The summed E-state index contributed by atoms with van der Waals surface area (Å²) in [6.07, 6.45) is 0. The Hall–Kier alpha value is -10.9. The molecule has 0 aliphatic heterocycles. The standard InChI is InChI=1S/C65H38N12/c1-38-67-62-43-26-30-49-50-31-28-45(64-73-60(41-20-10-4-11-21-41)70-61(74-64)42-22-12-5-13-23-42)34-56(50)77(55(49)32-43)57-35-46(37-66)53(36-51(57)65(68-38)75-62)76-52-25-15-14-24-47(52)48-29-27-44(33-54(48)76)63-71-58(39-16-6-2-7-17-39)69-59(72-63)40-18-8-3-9-19-40/h2-36H,1H3. The molecular formula is C65H38N12. The number of nitriles is 1.